The molecule has 168 valence electrons. The van der Waals surface area contributed by atoms with Crippen LogP contribution in [0, 0.1) is 18.8 Å². The molecule has 6 nitrogen and oxygen atoms in total. The normalized spacial score (nSPS) is 24.7. The van der Waals surface area contributed by atoms with E-state index in [0.717, 1.165) is 11.1 Å². The predicted molar refractivity (Wildman–Crippen MR) is 122 cm³/mol. The molecule has 0 saturated carbocycles. The number of benzene rings is 3. The Hall–Kier alpha value is -3.90. The Kier molecular flexibility index (Phi) is 4.44. The molecule has 0 bridgehead atoms. The van der Waals surface area contributed by atoms with Crippen LogP contribution in [0.4, 0.5) is 0 Å². The van der Waals surface area contributed by atoms with Gasteiger partial charge in [-0.15, -0.1) is 0 Å². The first kappa shape index (κ1) is 20.7. The van der Waals surface area contributed by atoms with Crippen LogP contribution in [0.5, 0.6) is 0 Å². The number of Topliss-reactive ketones (excluding diaryl/α,β-unsaturated/α-hetero) is 2. The maximum absolute atomic E-state index is 13.8. The van der Waals surface area contributed by atoms with Gasteiger partial charge in [0.2, 0.25) is 29.0 Å². The molecule has 0 aromatic heterocycles. The van der Waals surface area contributed by atoms with Crippen LogP contribution in [0.25, 0.3) is 0 Å². The minimum absolute atomic E-state index is 0.0808. The Morgan fingerprint density at radius 2 is 1.44 bits per heavy atom. The number of imide groups is 1. The average Bonchev–Trinajstić information content (AvgIpc) is 3.41. The number of ether oxygens (including phenoxy) is 1. The van der Waals surface area contributed by atoms with E-state index in [0.29, 0.717) is 5.56 Å². The van der Waals surface area contributed by atoms with E-state index in [4.69, 9.17) is 4.74 Å². The summed E-state index contributed by atoms with van der Waals surface area (Å²) in [6.07, 6.45) is -0.885. The van der Waals surface area contributed by atoms with Gasteiger partial charge in [-0.2, -0.15) is 0 Å². The second kappa shape index (κ2) is 7.30. The van der Waals surface area contributed by atoms with Crippen molar-refractivity contribution in [2.45, 2.75) is 25.2 Å². The number of carbonyl (C=O) groups excluding carboxylic acids is 4. The third kappa shape index (κ3) is 2.66. The Bertz CT molecular complexity index is 1340. The standard InChI is InChI=1S/C28H21NO5/c1-16-8-7-11-18(14-16)23-21-22(27(33)29(26(21)32)15-17-9-3-2-4-10-17)28(34-23)24(30)19-12-5-6-13-20(19)25(28)31/h2-14,21-23H,15H2,1H3/t21-,22-,23+/m1/s1. The van der Waals surface area contributed by atoms with Crippen molar-refractivity contribution in [3.8, 4) is 0 Å². The number of ketones is 2. The maximum atomic E-state index is 13.8. The Balaban J connectivity index is 1.50. The van der Waals surface area contributed by atoms with Crippen LogP contribution in [-0.4, -0.2) is 33.9 Å². The molecule has 1 spiro atoms. The van der Waals surface area contributed by atoms with Crippen LogP contribution in [0.15, 0.2) is 78.9 Å². The Morgan fingerprint density at radius 1 is 0.794 bits per heavy atom. The number of likely N-dealkylation sites (tertiary alicyclic amines) is 1. The van der Waals surface area contributed by atoms with Crippen molar-refractivity contribution in [1.29, 1.82) is 0 Å². The van der Waals surface area contributed by atoms with E-state index < -0.39 is 46.9 Å². The number of fused-ring (bicyclic) bond motifs is 3. The number of rotatable bonds is 3. The first-order valence-electron chi connectivity index (χ1n) is 11.3. The molecule has 2 amide bonds. The number of nitrogens with zero attached hydrogens (tertiary/aromatic N) is 1. The molecule has 3 aliphatic rings. The molecule has 6 rings (SSSR count). The second-order valence-corrected chi connectivity index (χ2v) is 9.14. The molecule has 1 aliphatic carbocycles. The molecule has 2 saturated heterocycles. The van der Waals surface area contributed by atoms with Crippen molar-refractivity contribution >= 4 is 23.4 Å². The van der Waals surface area contributed by atoms with Crippen molar-refractivity contribution in [2.24, 2.45) is 11.8 Å². The van der Waals surface area contributed by atoms with Crippen molar-refractivity contribution in [2.75, 3.05) is 0 Å². The summed E-state index contributed by atoms with van der Waals surface area (Å²) in [5.74, 6) is -4.20. The van der Waals surface area contributed by atoms with Crippen molar-refractivity contribution in [3.05, 3.63) is 107 Å². The van der Waals surface area contributed by atoms with Crippen molar-refractivity contribution in [1.82, 2.24) is 4.90 Å². The molecule has 2 aliphatic heterocycles. The minimum atomic E-state index is -2.03. The Morgan fingerprint density at radius 3 is 2.09 bits per heavy atom. The largest absolute Gasteiger partial charge is 0.349 e. The van der Waals surface area contributed by atoms with Gasteiger partial charge in [0, 0.05) is 11.1 Å². The summed E-state index contributed by atoms with van der Waals surface area (Å²) in [5.41, 5.74) is 0.852. The van der Waals surface area contributed by atoms with E-state index >= 15 is 0 Å². The SMILES string of the molecule is Cc1cccc([C@@H]2OC3(C(=O)c4ccccc4C3=O)[C@H]3C(=O)N(Cc4ccccc4)C(=O)[C@@H]23)c1. The van der Waals surface area contributed by atoms with Crippen LogP contribution in [0.3, 0.4) is 0 Å². The second-order valence-electron chi connectivity index (χ2n) is 9.14. The van der Waals surface area contributed by atoms with Gasteiger partial charge in [-0.05, 0) is 18.1 Å². The van der Waals surface area contributed by atoms with E-state index in [2.05, 4.69) is 0 Å². The Labute approximate surface area is 196 Å². The predicted octanol–water partition coefficient (Wildman–Crippen LogP) is 3.69. The van der Waals surface area contributed by atoms with Gasteiger partial charge in [0.1, 0.15) is 0 Å². The fourth-order valence-corrected chi connectivity index (χ4v) is 5.65. The van der Waals surface area contributed by atoms with Crippen LogP contribution < -0.4 is 0 Å². The zero-order valence-corrected chi connectivity index (χ0v) is 18.4. The summed E-state index contributed by atoms with van der Waals surface area (Å²) in [6.45, 7) is 1.99. The van der Waals surface area contributed by atoms with Gasteiger partial charge in [0.25, 0.3) is 0 Å². The molecule has 3 atom stereocenters. The van der Waals surface area contributed by atoms with Gasteiger partial charge in [0.05, 0.1) is 24.5 Å². The molecule has 0 radical (unpaired) electrons. The number of amides is 2. The monoisotopic (exact) mass is 451 g/mol. The zero-order valence-electron chi connectivity index (χ0n) is 18.4. The molecule has 0 unspecified atom stereocenters. The van der Waals surface area contributed by atoms with Crippen molar-refractivity contribution < 1.29 is 23.9 Å². The van der Waals surface area contributed by atoms with Crippen LogP contribution in [0.2, 0.25) is 0 Å². The summed E-state index contributed by atoms with van der Waals surface area (Å²) in [5, 5.41) is 0. The summed E-state index contributed by atoms with van der Waals surface area (Å²) in [6, 6.07) is 23.1. The first-order valence-corrected chi connectivity index (χ1v) is 11.3. The van der Waals surface area contributed by atoms with Gasteiger partial charge in [-0.1, -0.05) is 84.4 Å². The lowest BCUT2D eigenvalue weighted by molar-refractivity contribution is -0.145. The average molecular weight is 451 g/mol. The smallest absolute Gasteiger partial charge is 0.237 e. The number of aryl methyl sites for hydroxylation is 1. The van der Waals surface area contributed by atoms with Gasteiger partial charge in [-0.3, -0.25) is 24.1 Å². The minimum Gasteiger partial charge on any atom is -0.349 e. The topological polar surface area (TPSA) is 80.8 Å². The summed E-state index contributed by atoms with van der Waals surface area (Å²) in [7, 11) is 0. The van der Waals surface area contributed by atoms with E-state index in [1.54, 1.807) is 24.3 Å². The molecule has 0 N–H and O–H groups in total. The van der Waals surface area contributed by atoms with E-state index in [9.17, 15) is 19.2 Å². The van der Waals surface area contributed by atoms with Crippen LogP contribution in [0.1, 0.15) is 43.5 Å². The summed E-state index contributed by atoms with van der Waals surface area (Å²) < 4.78 is 6.30. The van der Waals surface area contributed by atoms with Gasteiger partial charge in [0.15, 0.2) is 0 Å². The lowest BCUT2D eigenvalue weighted by Gasteiger charge is -2.27. The molecule has 34 heavy (non-hydrogen) atoms. The van der Waals surface area contributed by atoms with Crippen LogP contribution >= 0.6 is 0 Å². The summed E-state index contributed by atoms with van der Waals surface area (Å²) >= 11 is 0. The third-order valence-corrected chi connectivity index (χ3v) is 7.16. The fraction of sp³-hybridized carbons (Fsp3) is 0.214. The molecule has 2 fully saturated rings. The van der Waals surface area contributed by atoms with E-state index in [1.807, 2.05) is 61.5 Å². The van der Waals surface area contributed by atoms with Gasteiger partial charge < -0.3 is 4.74 Å². The molecule has 3 aromatic carbocycles. The van der Waals surface area contributed by atoms with Crippen LogP contribution in [-0.2, 0) is 20.9 Å². The highest BCUT2D eigenvalue weighted by Crippen LogP contribution is 2.57. The quantitative estimate of drug-likeness (QED) is 0.448. The maximum Gasteiger partial charge on any atom is 0.237 e. The molecule has 3 aromatic rings. The molecule has 2 heterocycles. The highest BCUT2D eigenvalue weighted by Gasteiger charge is 2.74. The number of hydrogen-bond donors (Lipinski definition) is 0. The molecule has 6 heteroatoms. The number of carbonyl (C=O) groups is 4. The molecular weight excluding hydrogens is 430 g/mol. The zero-order chi connectivity index (χ0) is 23.6. The van der Waals surface area contributed by atoms with E-state index in [-0.39, 0.29) is 17.7 Å². The fourth-order valence-electron chi connectivity index (χ4n) is 5.65. The number of hydrogen-bond acceptors (Lipinski definition) is 5. The summed E-state index contributed by atoms with van der Waals surface area (Å²) in [4.78, 5) is 56.1. The molecular formula is C28H21NO5. The van der Waals surface area contributed by atoms with Gasteiger partial charge in [-0.25, -0.2) is 0 Å². The highest BCUT2D eigenvalue weighted by atomic mass is 16.5. The third-order valence-electron chi connectivity index (χ3n) is 7.16. The first-order chi connectivity index (χ1) is 16.4. The van der Waals surface area contributed by atoms with Gasteiger partial charge >= 0.3 is 0 Å². The van der Waals surface area contributed by atoms with Crippen molar-refractivity contribution in [3.63, 3.8) is 0 Å². The lowest BCUT2D eigenvalue weighted by atomic mass is 9.77. The lowest BCUT2D eigenvalue weighted by Crippen LogP contribution is -2.50. The highest BCUT2D eigenvalue weighted by molar-refractivity contribution is 6.35. The van der Waals surface area contributed by atoms with E-state index in [1.165, 1.54) is 4.90 Å².